The molecule has 76 valence electrons. The highest BCUT2D eigenvalue weighted by atomic mass is 32.2. The molecule has 14 heavy (non-hydrogen) atoms. The van der Waals surface area contributed by atoms with E-state index in [9.17, 15) is 0 Å². The van der Waals surface area contributed by atoms with Gasteiger partial charge in [-0.05, 0) is 29.9 Å². The Morgan fingerprint density at radius 3 is 2.86 bits per heavy atom. The largest absolute Gasteiger partial charge is 0.367 e. The summed E-state index contributed by atoms with van der Waals surface area (Å²) in [6.07, 6.45) is 4.74. The number of hydrogen-bond acceptors (Lipinski definition) is 3. The molecular formula is C10H14N2S2. The van der Waals surface area contributed by atoms with Crippen LogP contribution in [0.4, 0.5) is 0 Å². The van der Waals surface area contributed by atoms with Crippen LogP contribution in [-0.4, -0.2) is 15.1 Å². The van der Waals surface area contributed by atoms with Gasteiger partial charge in [0.05, 0.1) is 0 Å². The molecule has 2 nitrogen and oxygen atoms in total. The Morgan fingerprint density at radius 1 is 1.50 bits per heavy atom. The maximum absolute atomic E-state index is 5.15. The minimum Gasteiger partial charge on any atom is -0.367 e. The van der Waals surface area contributed by atoms with Gasteiger partial charge >= 0.3 is 0 Å². The molecule has 0 spiro atoms. The van der Waals surface area contributed by atoms with Crippen molar-refractivity contribution in [3.63, 3.8) is 0 Å². The monoisotopic (exact) mass is 226 g/mol. The summed E-state index contributed by atoms with van der Waals surface area (Å²) in [5.74, 6) is 1.09. The minimum absolute atomic E-state index is 0.790. The number of hydrogen-bond donors (Lipinski definition) is 1. The maximum atomic E-state index is 5.15. The fourth-order valence-corrected chi connectivity index (χ4v) is 1.81. The molecule has 0 radical (unpaired) electrons. The second-order valence-electron chi connectivity index (χ2n) is 2.84. The van der Waals surface area contributed by atoms with Crippen molar-refractivity contribution in [2.75, 3.05) is 5.75 Å². The standard InChI is InChI=1S/C10H14N2S2/c1-2-7-14-10(13)12-8-9-3-5-11-6-4-9/h3-6H,2,7-8H2,1H3,(H,12,13). The molecule has 0 aromatic carbocycles. The van der Waals surface area contributed by atoms with Crippen LogP contribution in [0.1, 0.15) is 18.9 Å². The highest BCUT2D eigenvalue weighted by Crippen LogP contribution is 2.04. The van der Waals surface area contributed by atoms with E-state index in [-0.39, 0.29) is 0 Å². The van der Waals surface area contributed by atoms with Gasteiger partial charge in [0.1, 0.15) is 4.32 Å². The first kappa shape index (κ1) is 11.5. The molecule has 0 fully saturated rings. The number of nitrogens with one attached hydrogen (secondary N) is 1. The number of aromatic nitrogens is 1. The van der Waals surface area contributed by atoms with Gasteiger partial charge in [0, 0.05) is 18.9 Å². The molecule has 0 saturated carbocycles. The average Bonchev–Trinajstić information content (AvgIpc) is 2.25. The molecule has 1 N–H and O–H groups in total. The Kier molecular flexibility index (Phi) is 5.56. The van der Waals surface area contributed by atoms with Crippen LogP contribution in [0.3, 0.4) is 0 Å². The Bertz CT molecular complexity index is 275. The lowest BCUT2D eigenvalue weighted by Gasteiger charge is -2.06. The van der Waals surface area contributed by atoms with Crippen molar-refractivity contribution in [3.05, 3.63) is 30.1 Å². The molecule has 0 atom stereocenters. The summed E-state index contributed by atoms with van der Waals surface area (Å²) in [6, 6.07) is 3.97. The quantitative estimate of drug-likeness (QED) is 0.798. The smallest absolute Gasteiger partial charge is 0.134 e. The minimum atomic E-state index is 0.790. The molecule has 0 amide bonds. The van der Waals surface area contributed by atoms with Crippen molar-refractivity contribution in [1.29, 1.82) is 0 Å². The summed E-state index contributed by atoms with van der Waals surface area (Å²) < 4.78 is 0.878. The van der Waals surface area contributed by atoms with Gasteiger partial charge in [-0.15, -0.1) is 0 Å². The summed E-state index contributed by atoms with van der Waals surface area (Å²) >= 11 is 6.86. The first-order chi connectivity index (χ1) is 6.83. The first-order valence-electron chi connectivity index (χ1n) is 4.62. The van der Waals surface area contributed by atoms with E-state index in [0.29, 0.717) is 0 Å². The van der Waals surface area contributed by atoms with Crippen LogP contribution in [0.25, 0.3) is 0 Å². The molecule has 1 aromatic rings. The molecule has 1 aromatic heterocycles. The lowest BCUT2D eigenvalue weighted by atomic mass is 10.3. The zero-order chi connectivity index (χ0) is 10.2. The maximum Gasteiger partial charge on any atom is 0.134 e. The molecule has 0 saturated heterocycles. The van der Waals surface area contributed by atoms with Crippen molar-refractivity contribution in [1.82, 2.24) is 10.3 Å². The fourth-order valence-electron chi connectivity index (χ4n) is 0.921. The van der Waals surface area contributed by atoms with Gasteiger partial charge in [0.2, 0.25) is 0 Å². The highest BCUT2D eigenvalue weighted by molar-refractivity contribution is 8.22. The first-order valence-corrected chi connectivity index (χ1v) is 6.02. The molecule has 0 bridgehead atoms. The zero-order valence-electron chi connectivity index (χ0n) is 8.19. The van der Waals surface area contributed by atoms with Gasteiger partial charge in [-0.2, -0.15) is 0 Å². The second kappa shape index (κ2) is 6.79. The number of rotatable bonds is 4. The Hall–Kier alpha value is -0.610. The van der Waals surface area contributed by atoms with Crippen LogP contribution in [0, 0.1) is 0 Å². The van der Waals surface area contributed by atoms with Gasteiger partial charge in [-0.1, -0.05) is 30.9 Å². The van der Waals surface area contributed by atoms with E-state index in [1.165, 1.54) is 5.56 Å². The summed E-state index contributed by atoms with van der Waals surface area (Å²) in [5, 5.41) is 3.20. The molecular weight excluding hydrogens is 212 g/mol. The van der Waals surface area contributed by atoms with Gasteiger partial charge in [0.25, 0.3) is 0 Å². The van der Waals surface area contributed by atoms with E-state index in [4.69, 9.17) is 12.2 Å². The van der Waals surface area contributed by atoms with Gasteiger partial charge < -0.3 is 5.32 Å². The van der Waals surface area contributed by atoms with Crippen molar-refractivity contribution in [2.24, 2.45) is 0 Å². The van der Waals surface area contributed by atoms with Gasteiger partial charge in [0.15, 0.2) is 0 Å². The van der Waals surface area contributed by atoms with Gasteiger partial charge in [-0.25, -0.2) is 0 Å². The molecule has 1 heterocycles. The summed E-state index contributed by atoms with van der Waals surface area (Å²) in [7, 11) is 0. The second-order valence-corrected chi connectivity index (χ2v) is 4.62. The van der Waals surface area contributed by atoms with Crippen LogP contribution < -0.4 is 5.32 Å². The van der Waals surface area contributed by atoms with E-state index in [0.717, 1.165) is 23.0 Å². The van der Waals surface area contributed by atoms with E-state index in [2.05, 4.69) is 17.2 Å². The topological polar surface area (TPSA) is 24.9 Å². The van der Waals surface area contributed by atoms with Crippen LogP contribution in [0.5, 0.6) is 0 Å². The predicted octanol–water partition coefficient (Wildman–Crippen LogP) is 2.60. The molecule has 0 aliphatic carbocycles. The third kappa shape index (κ3) is 4.58. The zero-order valence-corrected chi connectivity index (χ0v) is 9.83. The SMILES string of the molecule is CCCSC(=S)NCc1ccncc1. The summed E-state index contributed by atoms with van der Waals surface area (Å²) in [6.45, 7) is 2.94. The van der Waals surface area contributed by atoms with Crippen molar-refractivity contribution in [3.8, 4) is 0 Å². The third-order valence-electron chi connectivity index (χ3n) is 1.62. The Balaban J connectivity index is 2.24. The van der Waals surface area contributed by atoms with Crippen LogP contribution in [-0.2, 0) is 6.54 Å². The van der Waals surface area contributed by atoms with Crippen molar-refractivity contribution in [2.45, 2.75) is 19.9 Å². The Morgan fingerprint density at radius 2 is 2.21 bits per heavy atom. The van der Waals surface area contributed by atoms with E-state index < -0.39 is 0 Å². The van der Waals surface area contributed by atoms with E-state index >= 15 is 0 Å². The fraction of sp³-hybridized carbons (Fsp3) is 0.400. The predicted molar refractivity (Wildman–Crippen MR) is 66.4 cm³/mol. The van der Waals surface area contributed by atoms with E-state index in [1.807, 2.05) is 12.1 Å². The van der Waals surface area contributed by atoms with Gasteiger partial charge in [-0.3, -0.25) is 4.98 Å². The third-order valence-corrected chi connectivity index (χ3v) is 3.14. The Labute approximate surface area is 94.5 Å². The van der Waals surface area contributed by atoms with Crippen LogP contribution in [0.2, 0.25) is 0 Å². The van der Waals surface area contributed by atoms with Crippen LogP contribution >= 0.6 is 24.0 Å². The number of thiocarbonyl (C=S) groups is 1. The highest BCUT2D eigenvalue weighted by Gasteiger charge is 1.96. The number of pyridine rings is 1. The number of nitrogens with zero attached hydrogens (tertiary/aromatic N) is 1. The lowest BCUT2D eigenvalue weighted by Crippen LogP contribution is -2.17. The normalized spacial score (nSPS) is 9.79. The molecule has 4 heteroatoms. The summed E-state index contributed by atoms with van der Waals surface area (Å²) in [5.41, 5.74) is 1.21. The van der Waals surface area contributed by atoms with Crippen LogP contribution in [0.15, 0.2) is 24.5 Å². The van der Waals surface area contributed by atoms with E-state index in [1.54, 1.807) is 24.2 Å². The molecule has 0 unspecified atom stereocenters. The number of thioether (sulfide) groups is 1. The van der Waals surface area contributed by atoms with Crippen molar-refractivity contribution < 1.29 is 0 Å². The summed E-state index contributed by atoms with van der Waals surface area (Å²) in [4.78, 5) is 3.96. The molecule has 0 aliphatic rings. The molecule has 0 aliphatic heterocycles. The molecule has 1 rings (SSSR count). The lowest BCUT2D eigenvalue weighted by molar-refractivity contribution is 0.934. The average molecular weight is 226 g/mol. The van der Waals surface area contributed by atoms with Crippen molar-refractivity contribution >= 4 is 28.3 Å².